The summed E-state index contributed by atoms with van der Waals surface area (Å²) in [5, 5.41) is 4.28. The number of halogens is 4. The summed E-state index contributed by atoms with van der Waals surface area (Å²) in [6.45, 7) is 2.73. The maximum Gasteiger partial charge on any atom is 0.416 e. The maximum atomic E-state index is 13.4. The van der Waals surface area contributed by atoms with Gasteiger partial charge >= 0.3 is 12.2 Å². The average Bonchev–Trinajstić information content (AvgIpc) is 3.41. The largest absolute Gasteiger partial charge is 0.416 e. The summed E-state index contributed by atoms with van der Waals surface area (Å²) >= 11 is 5.95. The fourth-order valence-electron chi connectivity index (χ4n) is 4.91. The van der Waals surface area contributed by atoms with Gasteiger partial charge in [-0.15, -0.1) is 0 Å². The van der Waals surface area contributed by atoms with Crippen LogP contribution in [0.4, 0.5) is 18.0 Å². The van der Waals surface area contributed by atoms with Crippen molar-refractivity contribution in [1.82, 2.24) is 19.6 Å². The molecule has 0 spiro atoms. The molecular weight excluding hydrogens is 445 g/mol. The number of ketones is 1. The Hall–Kier alpha value is -2.39. The minimum atomic E-state index is -4.43. The molecule has 1 amide bonds. The number of alkyl halides is 3. The van der Waals surface area contributed by atoms with E-state index in [-0.39, 0.29) is 46.8 Å². The van der Waals surface area contributed by atoms with Crippen LogP contribution in [0.3, 0.4) is 0 Å². The molecule has 1 aromatic carbocycles. The molecule has 0 bridgehead atoms. The van der Waals surface area contributed by atoms with E-state index >= 15 is 0 Å². The molecule has 1 aromatic heterocycles. The van der Waals surface area contributed by atoms with Gasteiger partial charge in [0, 0.05) is 36.9 Å². The van der Waals surface area contributed by atoms with Gasteiger partial charge in [0.1, 0.15) is 0 Å². The summed E-state index contributed by atoms with van der Waals surface area (Å²) in [5.74, 6) is 0.424. The van der Waals surface area contributed by atoms with Crippen LogP contribution in [0.25, 0.3) is 0 Å². The van der Waals surface area contributed by atoms with Gasteiger partial charge in [0.15, 0.2) is 5.78 Å². The van der Waals surface area contributed by atoms with E-state index in [1.165, 1.54) is 36.1 Å². The monoisotopic (exact) mass is 468 g/mol. The first-order chi connectivity index (χ1) is 15.0. The highest BCUT2D eigenvalue weighted by molar-refractivity contribution is 6.30. The zero-order valence-corrected chi connectivity index (χ0v) is 18.5. The highest BCUT2D eigenvalue weighted by atomic mass is 35.5. The smallest absolute Gasteiger partial charge is 0.322 e. The number of fused-ring (bicyclic) bond motifs is 1. The van der Waals surface area contributed by atoms with Crippen LogP contribution >= 0.6 is 11.6 Å². The summed E-state index contributed by atoms with van der Waals surface area (Å²) in [7, 11) is 1.84. The van der Waals surface area contributed by atoms with Crippen LogP contribution in [0.1, 0.15) is 41.3 Å². The zero-order valence-electron chi connectivity index (χ0n) is 17.8. The van der Waals surface area contributed by atoms with Crippen molar-refractivity contribution in [3.63, 3.8) is 0 Å². The van der Waals surface area contributed by atoms with Crippen LogP contribution < -0.4 is 0 Å². The SMILES string of the molecule is CC(=O)c1cnn(C(=O)N2C[C@H]3CC(N(C)Cc4cc(Cl)ccc4C(F)(F)F)C[C@H]3C2)c1. The summed E-state index contributed by atoms with van der Waals surface area (Å²) < 4.78 is 41.3. The lowest BCUT2D eigenvalue weighted by molar-refractivity contribution is -0.138. The fraction of sp³-hybridized carbons (Fsp3) is 0.500. The number of carbonyl (C=O) groups excluding carboxylic acids is 2. The first-order valence-electron chi connectivity index (χ1n) is 10.4. The van der Waals surface area contributed by atoms with Crippen molar-refractivity contribution >= 4 is 23.4 Å². The normalized spacial score (nSPS) is 23.1. The van der Waals surface area contributed by atoms with Crippen molar-refractivity contribution in [2.75, 3.05) is 20.1 Å². The van der Waals surface area contributed by atoms with E-state index < -0.39 is 11.7 Å². The second-order valence-electron chi connectivity index (χ2n) is 8.78. The Morgan fingerprint density at radius 2 is 1.88 bits per heavy atom. The molecule has 1 aliphatic carbocycles. The van der Waals surface area contributed by atoms with E-state index in [0.717, 1.165) is 18.9 Å². The Labute approximate surface area is 188 Å². The highest BCUT2D eigenvalue weighted by Gasteiger charge is 2.44. The van der Waals surface area contributed by atoms with Crippen molar-refractivity contribution in [3.8, 4) is 0 Å². The Balaban J connectivity index is 1.38. The molecule has 1 saturated carbocycles. The van der Waals surface area contributed by atoms with Gasteiger partial charge in [0.25, 0.3) is 0 Å². The van der Waals surface area contributed by atoms with Gasteiger partial charge < -0.3 is 4.90 Å². The molecule has 0 N–H and O–H groups in total. The Morgan fingerprint density at radius 3 is 2.44 bits per heavy atom. The summed E-state index contributed by atoms with van der Waals surface area (Å²) in [5.41, 5.74) is -0.104. The van der Waals surface area contributed by atoms with Gasteiger partial charge in [0.2, 0.25) is 0 Å². The van der Waals surface area contributed by atoms with Crippen LogP contribution in [0, 0.1) is 11.8 Å². The second-order valence-corrected chi connectivity index (χ2v) is 9.21. The number of rotatable bonds is 4. The van der Waals surface area contributed by atoms with Gasteiger partial charge in [-0.25, -0.2) is 4.79 Å². The van der Waals surface area contributed by atoms with Crippen molar-refractivity contribution in [2.45, 2.75) is 38.5 Å². The molecule has 3 atom stereocenters. The van der Waals surface area contributed by atoms with Crippen molar-refractivity contribution in [2.24, 2.45) is 11.8 Å². The first kappa shape index (κ1) is 22.8. The lowest BCUT2D eigenvalue weighted by Crippen LogP contribution is -2.36. The molecule has 32 heavy (non-hydrogen) atoms. The molecule has 6 nitrogen and oxygen atoms in total. The molecule has 1 saturated heterocycles. The summed E-state index contributed by atoms with van der Waals surface area (Å²) in [4.78, 5) is 27.8. The lowest BCUT2D eigenvalue weighted by atomic mass is 10.0. The first-order valence-corrected chi connectivity index (χ1v) is 10.8. The van der Waals surface area contributed by atoms with Gasteiger partial charge in [-0.2, -0.15) is 23.0 Å². The van der Waals surface area contributed by atoms with Gasteiger partial charge in [-0.3, -0.25) is 9.69 Å². The van der Waals surface area contributed by atoms with Crippen LogP contribution in [0.2, 0.25) is 5.02 Å². The molecule has 0 radical (unpaired) electrons. The van der Waals surface area contributed by atoms with Crippen LogP contribution in [-0.2, 0) is 12.7 Å². The molecule has 2 aromatic rings. The summed E-state index contributed by atoms with van der Waals surface area (Å²) in [6.07, 6.45) is 0.0175. The van der Waals surface area contributed by atoms with Crippen molar-refractivity contribution < 1.29 is 22.8 Å². The maximum absolute atomic E-state index is 13.4. The molecule has 2 fully saturated rings. The molecule has 2 heterocycles. The standard InChI is InChI=1S/C22H24ClF3N4O2/c1-13(31)17-8-27-30(12-17)21(32)29-10-14-6-19(7-15(14)11-29)28(2)9-16-5-18(23)3-4-20(16)22(24,25)26/h3-5,8,12,14-15,19H,6-7,9-11H2,1-2H3/t14-,15+,19?. The Kier molecular flexibility index (Phi) is 6.06. The molecule has 2 aliphatic rings. The Morgan fingerprint density at radius 1 is 1.22 bits per heavy atom. The number of benzene rings is 1. The summed E-state index contributed by atoms with van der Waals surface area (Å²) in [6, 6.07) is 3.56. The quantitative estimate of drug-likeness (QED) is 0.617. The van der Waals surface area contributed by atoms with Crippen LogP contribution in [-0.4, -0.2) is 57.6 Å². The topological polar surface area (TPSA) is 58.4 Å². The predicted molar refractivity (Wildman–Crippen MR) is 113 cm³/mol. The van der Waals surface area contributed by atoms with Crippen LogP contribution in [0.15, 0.2) is 30.6 Å². The van der Waals surface area contributed by atoms with Crippen LogP contribution in [0.5, 0.6) is 0 Å². The van der Waals surface area contributed by atoms with E-state index in [9.17, 15) is 22.8 Å². The molecule has 1 unspecified atom stereocenters. The number of Topliss-reactive ketones (excluding diaryl/α,β-unsaturated/α-hetero) is 1. The lowest BCUT2D eigenvalue weighted by Gasteiger charge is -2.27. The number of amides is 1. The molecule has 4 rings (SSSR count). The van der Waals surface area contributed by atoms with E-state index in [1.807, 2.05) is 11.9 Å². The third kappa shape index (κ3) is 4.54. The third-order valence-corrected chi connectivity index (χ3v) is 6.83. The highest BCUT2D eigenvalue weighted by Crippen LogP contribution is 2.41. The number of hydrogen-bond acceptors (Lipinski definition) is 4. The van der Waals surface area contributed by atoms with Gasteiger partial charge in [-0.05, 0) is 62.4 Å². The molecule has 10 heteroatoms. The Bertz CT molecular complexity index is 1020. The number of aromatic nitrogens is 2. The minimum Gasteiger partial charge on any atom is -0.322 e. The minimum absolute atomic E-state index is 0.135. The average molecular weight is 469 g/mol. The number of carbonyl (C=O) groups is 2. The second kappa shape index (κ2) is 8.51. The van der Waals surface area contributed by atoms with Crippen molar-refractivity contribution in [1.29, 1.82) is 0 Å². The molecular formula is C22H24ClF3N4O2. The van der Waals surface area contributed by atoms with Gasteiger partial charge in [-0.1, -0.05) is 11.6 Å². The molecule has 1 aliphatic heterocycles. The number of hydrogen-bond donors (Lipinski definition) is 0. The number of likely N-dealkylation sites (tertiary alicyclic amines) is 1. The van der Waals surface area contributed by atoms with Gasteiger partial charge in [0.05, 0.1) is 17.3 Å². The van der Waals surface area contributed by atoms with E-state index in [4.69, 9.17) is 11.6 Å². The number of nitrogens with zero attached hydrogens (tertiary/aromatic N) is 4. The van der Waals surface area contributed by atoms with E-state index in [1.54, 1.807) is 4.90 Å². The van der Waals surface area contributed by atoms with Crippen molar-refractivity contribution in [3.05, 3.63) is 52.3 Å². The van der Waals surface area contributed by atoms with E-state index in [0.29, 0.717) is 18.7 Å². The molecule has 172 valence electrons. The van der Waals surface area contributed by atoms with E-state index in [2.05, 4.69) is 5.10 Å². The fourth-order valence-corrected chi connectivity index (χ4v) is 5.10. The zero-order chi connectivity index (χ0) is 23.2. The predicted octanol–water partition coefficient (Wildman–Crippen LogP) is 4.57. The third-order valence-electron chi connectivity index (χ3n) is 6.60.